The summed E-state index contributed by atoms with van der Waals surface area (Å²) < 4.78 is 13.2. The Morgan fingerprint density at radius 3 is 2.57 bits per heavy atom. The van der Waals surface area contributed by atoms with Crippen LogP contribution >= 0.6 is 0 Å². The average Bonchev–Trinajstić information content (AvgIpc) is 2.68. The molecular weight excluding hydrogens is 363 g/mol. The van der Waals surface area contributed by atoms with Crippen LogP contribution in [-0.2, 0) is 9.59 Å². The van der Waals surface area contributed by atoms with Gasteiger partial charge in [-0.2, -0.15) is 0 Å². The quantitative estimate of drug-likeness (QED) is 0.792. The molecule has 1 aromatic heterocycles. The number of pyridine rings is 1. The Labute approximate surface area is 161 Å². The molecule has 1 aliphatic rings. The number of hydrogen-bond acceptors (Lipinski definition) is 4. The lowest BCUT2D eigenvalue weighted by molar-refractivity contribution is -0.146. The van der Waals surface area contributed by atoms with Gasteiger partial charge in [-0.3, -0.25) is 19.4 Å². The van der Waals surface area contributed by atoms with Gasteiger partial charge in [-0.25, -0.2) is 4.39 Å². The lowest BCUT2D eigenvalue weighted by atomic mass is 9.90. The lowest BCUT2D eigenvalue weighted by Crippen LogP contribution is -2.46. The maximum Gasteiger partial charge on any atom is 0.313 e. The number of aromatic nitrogens is 1. The first kappa shape index (κ1) is 19.5. The second kappa shape index (κ2) is 8.16. The van der Waals surface area contributed by atoms with Crippen LogP contribution in [0.1, 0.15) is 41.7 Å². The van der Waals surface area contributed by atoms with E-state index >= 15 is 0 Å². The van der Waals surface area contributed by atoms with Crippen LogP contribution in [-0.4, -0.2) is 34.2 Å². The molecule has 28 heavy (non-hydrogen) atoms. The van der Waals surface area contributed by atoms with Crippen molar-refractivity contribution >= 4 is 23.4 Å². The highest BCUT2D eigenvalue weighted by molar-refractivity contribution is 6.39. The predicted octanol–water partition coefficient (Wildman–Crippen LogP) is 2.26. The van der Waals surface area contributed by atoms with Gasteiger partial charge in [-0.15, -0.1) is 0 Å². The van der Waals surface area contributed by atoms with Crippen molar-refractivity contribution in [1.82, 2.24) is 9.88 Å². The summed E-state index contributed by atoms with van der Waals surface area (Å²) >= 11 is 0. The van der Waals surface area contributed by atoms with E-state index in [-0.39, 0.29) is 29.0 Å². The molecule has 1 aliphatic heterocycles. The first-order valence-corrected chi connectivity index (χ1v) is 8.97. The van der Waals surface area contributed by atoms with E-state index in [9.17, 15) is 18.8 Å². The van der Waals surface area contributed by atoms with Crippen LogP contribution in [0.2, 0.25) is 0 Å². The summed E-state index contributed by atoms with van der Waals surface area (Å²) in [7, 11) is 0. The summed E-state index contributed by atoms with van der Waals surface area (Å²) in [5.41, 5.74) is 6.32. The molecule has 146 valence electrons. The van der Waals surface area contributed by atoms with Gasteiger partial charge in [-0.05, 0) is 42.5 Å². The molecule has 7 nitrogen and oxygen atoms in total. The summed E-state index contributed by atoms with van der Waals surface area (Å²) in [5, 5.41) is 2.47. The van der Waals surface area contributed by atoms with Crippen molar-refractivity contribution in [3.63, 3.8) is 0 Å². The zero-order valence-corrected chi connectivity index (χ0v) is 15.4. The molecule has 2 atom stereocenters. The molecule has 3 amide bonds. The number of likely N-dealkylation sites (tertiary alicyclic amines) is 1. The third-order valence-electron chi connectivity index (χ3n) is 4.81. The number of anilines is 1. The van der Waals surface area contributed by atoms with E-state index in [0.29, 0.717) is 13.0 Å². The Morgan fingerprint density at radius 1 is 1.18 bits per heavy atom. The van der Waals surface area contributed by atoms with Crippen LogP contribution in [0, 0.1) is 11.7 Å². The van der Waals surface area contributed by atoms with E-state index in [0.717, 1.165) is 12.0 Å². The normalized spacial score (nSPS) is 19.1. The highest BCUT2D eigenvalue weighted by Gasteiger charge is 2.34. The molecule has 0 radical (unpaired) electrons. The van der Waals surface area contributed by atoms with Gasteiger partial charge in [0.1, 0.15) is 5.82 Å². The molecule has 1 saturated heterocycles. The summed E-state index contributed by atoms with van der Waals surface area (Å²) in [6.07, 6.45) is 4.19. The molecule has 1 fully saturated rings. The minimum atomic E-state index is -0.829. The second-order valence-electron chi connectivity index (χ2n) is 6.99. The number of carbonyl (C=O) groups is 3. The van der Waals surface area contributed by atoms with Crippen LogP contribution in [0.3, 0.4) is 0 Å². The summed E-state index contributed by atoms with van der Waals surface area (Å²) in [6, 6.07) is 7.01. The molecule has 0 aliphatic carbocycles. The van der Waals surface area contributed by atoms with Gasteiger partial charge in [0.15, 0.2) is 0 Å². The number of rotatable bonds is 3. The fourth-order valence-electron chi connectivity index (χ4n) is 3.37. The molecule has 0 saturated carbocycles. The maximum absolute atomic E-state index is 13.2. The number of piperidine rings is 1. The monoisotopic (exact) mass is 384 g/mol. The van der Waals surface area contributed by atoms with E-state index in [2.05, 4.69) is 10.3 Å². The molecule has 1 aromatic carbocycles. The van der Waals surface area contributed by atoms with Gasteiger partial charge in [0.2, 0.25) is 5.91 Å². The van der Waals surface area contributed by atoms with Crippen LogP contribution in [0.25, 0.3) is 0 Å². The number of amides is 3. The van der Waals surface area contributed by atoms with Crippen molar-refractivity contribution in [2.75, 3.05) is 11.9 Å². The first-order chi connectivity index (χ1) is 13.3. The zero-order valence-electron chi connectivity index (χ0n) is 15.4. The second-order valence-corrected chi connectivity index (χ2v) is 6.99. The number of benzene rings is 1. The fourth-order valence-corrected chi connectivity index (χ4v) is 3.37. The van der Waals surface area contributed by atoms with Crippen LogP contribution < -0.4 is 11.1 Å². The topological polar surface area (TPSA) is 105 Å². The standard InChI is InChI=1S/C20H21FN4O3/c1-12-2-7-17(13-3-5-15(21)6-4-13)25(11-12)20(28)19(27)24-16-8-14(18(22)26)9-23-10-16/h3-6,8-10,12,17H,2,7,11H2,1H3,(H2,22,26)(H,24,27). The Balaban J connectivity index is 1.79. The van der Waals surface area contributed by atoms with Crippen molar-refractivity contribution in [1.29, 1.82) is 0 Å². The van der Waals surface area contributed by atoms with Crippen molar-refractivity contribution in [2.45, 2.75) is 25.8 Å². The number of nitrogens with zero attached hydrogens (tertiary/aromatic N) is 2. The molecule has 0 bridgehead atoms. The number of nitrogens with two attached hydrogens (primary N) is 1. The summed E-state index contributed by atoms with van der Waals surface area (Å²) in [6.45, 7) is 2.44. The number of halogens is 1. The molecular formula is C20H21FN4O3. The average molecular weight is 384 g/mol. The third-order valence-corrected chi connectivity index (χ3v) is 4.81. The molecule has 3 N–H and O–H groups in total. The number of primary amides is 1. The lowest BCUT2D eigenvalue weighted by Gasteiger charge is -2.38. The summed E-state index contributed by atoms with van der Waals surface area (Å²) in [4.78, 5) is 42.0. The minimum Gasteiger partial charge on any atom is -0.366 e. The van der Waals surface area contributed by atoms with E-state index in [1.807, 2.05) is 6.92 Å². The van der Waals surface area contributed by atoms with E-state index in [1.54, 1.807) is 12.1 Å². The highest BCUT2D eigenvalue weighted by Crippen LogP contribution is 2.33. The predicted molar refractivity (Wildman–Crippen MR) is 101 cm³/mol. The Morgan fingerprint density at radius 2 is 1.89 bits per heavy atom. The Kier molecular flexibility index (Phi) is 5.67. The molecule has 8 heteroatoms. The Hall–Kier alpha value is -3.29. The number of carbonyl (C=O) groups excluding carboxylic acids is 3. The van der Waals surface area contributed by atoms with Gasteiger partial charge < -0.3 is 16.0 Å². The molecule has 0 spiro atoms. The Bertz CT molecular complexity index is 901. The number of hydrogen-bond donors (Lipinski definition) is 2. The van der Waals surface area contributed by atoms with E-state index in [4.69, 9.17) is 5.73 Å². The molecule has 2 heterocycles. The largest absolute Gasteiger partial charge is 0.366 e. The SMILES string of the molecule is CC1CCC(c2ccc(F)cc2)N(C(=O)C(=O)Nc2cncc(C(N)=O)c2)C1. The number of nitrogens with one attached hydrogen (secondary N) is 1. The van der Waals surface area contributed by atoms with E-state index < -0.39 is 17.7 Å². The zero-order chi connectivity index (χ0) is 20.3. The van der Waals surface area contributed by atoms with Gasteiger partial charge in [0.25, 0.3) is 0 Å². The maximum atomic E-state index is 13.2. The first-order valence-electron chi connectivity index (χ1n) is 8.97. The van der Waals surface area contributed by atoms with Crippen LogP contribution in [0.4, 0.5) is 10.1 Å². The van der Waals surface area contributed by atoms with Gasteiger partial charge >= 0.3 is 11.8 Å². The van der Waals surface area contributed by atoms with Gasteiger partial charge in [0.05, 0.1) is 23.5 Å². The molecule has 2 unspecified atom stereocenters. The molecule has 3 rings (SSSR count). The minimum absolute atomic E-state index is 0.126. The van der Waals surface area contributed by atoms with Crippen molar-refractivity contribution in [3.05, 3.63) is 59.7 Å². The van der Waals surface area contributed by atoms with Crippen LogP contribution in [0.5, 0.6) is 0 Å². The summed E-state index contributed by atoms with van der Waals surface area (Å²) in [5.74, 6) is -2.31. The van der Waals surface area contributed by atoms with Crippen LogP contribution in [0.15, 0.2) is 42.7 Å². The van der Waals surface area contributed by atoms with Gasteiger partial charge in [-0.1, -0.05) is 19.1 Å². The van der Waals surface area contributed by atoms with Crippen molar-refractivity contribution < 1.29 is 18.8 Å². The third kappa shape index (κ3) is 4.33. The fraction of sp³-hybridized carbons (Fsp3) is 0.300. The molecule has 2 aromatic rings. The van der Waals surface area contributed by atoms with Crippen molar-refractivity contribution in [2.24, 2.45) is 11.7 Å². The van der Waals surface area contributed by atoms with Gasteiger partial charge in [0, 0.05) is 12.7 Å². The van der Waals surface area contributed by atoms with Crippen molar-refractivity contribution in [3.8, 4) is 0 Å². The highest BCUT2D eigenvalue weighted by atomic mass is 19.1. The van der Waals surface area contributed by atoms with E-state index in [1.165, 1.54) is 35.5 Å². The smallest absolute Gasteiger partial charge is 0.313 e.